The van der Waals surface area contributed by atoms with Crippen LogP contribution in [-0.2, 0) is 9.59 Å². The number of rotatable bonds is 4. The molecule has 5 heteroatoms. The van der Waals surface area contributed by atoms with Crippen LogP contribution < -0.4 is 5.32 Å². The summed E-state index contributed by atoms with van der Waals surface area (Å²) in [6.07, 6.45) is 6.75. The lowest BCUT2D eigenvalue weighted by atomic mass is 9.71. The monoisotopic (exact) mass is 280 g/mol. The summed E-state index contributed by atoms with van der Waals surface area (Å²) in [6, 6.07) is -0.686. The van der Waals surface area contributed by atoms with Crippen LogP contribution in [0.1, 0.15) is 65.2 Å². The molecule has 112 valence electrons. The van der Waals surface area contributed by atoms with E-state index in [4.69, 9.17) is 0 Å². The SMILES string of the molecule is CCCCC(C)N1C(=O)NC(=O)C2(CCCCC2)C1=O. The zero-order valence-electron chi connectivity index (χ0n) is 12.4. The number of imide groups is 2. The number of nitrogens with zero attached hydrogens (tertiary/aromatic N) is 1. The first kappa shape index (κ1) is 15.0. The lowest BCUT2D eigenvalue weighted by molar-refractivity contribution is -0.155. The number of hydrogen-bond donors (Lipinski definition) is 1. The molecular formula is C15H24N2O3. The van der Waals surface area contributed by atoms with E-state index in [0.29, 0.717) is 12.8 Å². The second-order valence-electron chi connectivity index (χ2n) is 6.07. The molecule has 0 aromatic carbocycles. The predicted octanol–water partition coefficient (Wildman–Crippen LogP) is 2.59. The summed E-state index contributed by atoms with van der Waals surface area (Å²) in [5, 5.41) is 2.40. The van der Waals surface area contributed by atoms with Crippen molar-refractivity contribution in [3.05, 3.63) is 0 Å². The van der Waals surface area contributed by atoms with Crippen LogP contribution in [0.25, 0.3) is 0 Å². The van der Waals surface area contributed by atoms with Gasteiger partial charge in [-0.15, -0.1) is 0 Å². The molecule has 5 nitrogen and oxygen atoms in total. The van der Waals surface area contributed by atoms with E-state index >= 15 is 0 Å². The third-order valence-electron chi connectivity index (χ3n) is 4.63. The molecule has 0 bridgehead atoms. The molecule has 2 fully saturated rings. The molecule has 1 aliphatic carbocycles. The summed E-state index contributed by atoms with van der Waals surface area (Å²) in [6.45, 7) is 3.97. The highest BCUT2D eigenvalue weighted by Crippen LogP contribution is 2.40. The van der Waals surface area contributed by atoms with Gasteiger partial charge in [0.05, 0.1) is 0 Å². The van der Waals surface area contributed by atoms with Crippen LogP contribution in [0, 0.1) is 5.41 Å². The topological polar surface area (TPSA) is 66.5 Å². The molecule has 1 heterocycles. The highest BCUT2D eigenvalue weighted by Gasteiger charge is 2.54. The minimum atomic E-state index is -0.980. The first-order valence-corrected chi connectivity index (χ1v) is 7.72. The largest absolute Gasteiger partial charge is 0.331 e. The van der Waals surface area contributed by atoms with Crippen LogP contribution in [0.5, 0.6) is 0 Å². The molecule has 1 atom stereocenters. The minimum absolute atomic E-state index is 0.144. The lowest BCUT2D eigenvalue weighted by Crippen LogP contribution is -2.66. The second-order valence-corrected chi connectivity index (χ2v) is 6.07. The lowest BCUT2D eigenvalue weighted by Gasteiger charge is -2.43. The average Bonchev–Trinajstić information content (AvgIpc) is 2.44. The quantitative estimate of drug-likeness (QED) is 0.805. The molecule has 1 aliphatic heterocycles. The summed E-state index contributed by atoms with van der Waals surface area (Å²) in [5.74, 6) is -0.652. The minimum Gasteiger partial charge on any atom is -0.277 e. The van der Waals surface area contributed by atoms with E-state index < -0.39 is 11.4 Å². The molecule has 1 N–H and O–H groups in total. The fourth-order valence-corrected chi connectivity index (χ4v) is 3.32. The molecule has 1 unspecified atom stereocenters. The van der Waals surface area contributed by atoms with Crippen molar-refractivity contribution in [1.29, 1.82) is 0 Å². The maximum absolute atomic E-state index is 12.8. The van der Waals surface area contributed by atoms with Crippen molar-refractivity contribution < 1.29 is 14.4 Å². The summed E-state index contributed by atoms with van der Waals surface area (Å²) in [5.41, 5.74) is -0.980. The normalized spacial score (nSPS) is 23.9. The number of barbiturate groups is 1. The number of urea groups is 1. The molecule has 1 spiro atoms. The third kappa shape index (κ3) is 2.45. The van der Waals surface area contributed by atoms with Gasteiger partial charge in [0.2, 0.25) is 11.8 Å². The fraction of sp³-hybridized carbons (Fsp3) is 0.800. The molecule has 0 aromatic rings. The van der Waals surface area contributed by atoms with Crippen LogP contribution in [0.3, 0.4) is 0 Å². The van der Waals surface area contributed by atoms with Gasteiger partial charge in [-0.2, -0.15) is 0 Å². The summed E-state index contributed by atoms with van der Waals surface area (Å²) < 4.78 is 0. The highest BCUT2D eigenvalue weighted by molar-refractivity contribution is 6.19. The van der Waals surface area contributed by atoms with E-state index in [0.717, 1.165) is 38.5 Å². The zero-order chi connectivity index (χ0) is 14.8. The summed E-state index contributed by atoms with van der Waals surface area (Å²) in [7, 11) is 0. The van der Waals surface area contributed by atoms with Crippen LogP contribution in [0.4, 0.5) is 4.79 Å². The van der Waals surface area contributed by atoms with Gasteiger partial charge < -0.3 is 0 Å². The van der Waals surface area contributed by atoms with Gasteiger partial charge in [-0.1, -0.05) is 39.0 Å². The number of hydrogen-bond acceptors (Lipinski definition) is 3. The summed E-state index contributed by atoms with van der Waals surface area (Å²) >= 11 is 0. The van der Waals surface area contributed by atoms with Gasteiger partial charge in [0.25, 0.3) is 0 Å². The zero-order valence-corrected chi connectivity index (χ0v) is 12.4. The Kier molecular flexibility index (Phi) is 4.45. The van der Waals surface area contributed by atoms with E-state index in [-0.39, 0.29) is 17.9 Å². The van der Waals surface area contributed by atoms with Crippen molar-refractivity contribution in [3.63, 3.8) is 0 Å². The Morgan fingerprint density at radius 3 is 2.45 bits per heavy atom. The van der Waals surface area contributed by atoms with Crippen molar-refractivity contribution in [3.8, 4) is 0 Å². The van der Waals surface area contributed by atoms with Gasteiger partial charge in [0.15, 0.2) is 0 Å². The predicted molar refractivity (Wildman–Crippen MR) is 74.9 cm³/mol. The van der Waals surface area contributed by atoms with Crippen molar-refractivity contribution in [1.82, 2.24) is 10.2 Å². The van der Waals surface area contributed by atoms with E-state index in [2.05, 4.69) is 12.2 Å². The highest BCUT2D eigenvalue weighted by atomic mass is 16.2. The van der Waals surface area contributed by atoms with Crippen molar-refractivity contribution >= 4 is 17.8 Å². The van der Waals surface area contributed by atoms with Crippen LogP contribution in [0.15, 0.2) is 0 Å². The van der Waals surface area contributed by atoms with Gasteiger partial charge in [-0.05, 0) is 26.2 Å². The van der Waals surface area contributed by atoms with Crippen LogP contribution in [-0.4, -0.2) is 28.8 Å². The molecule has 20 heavy (non-hydrogen) atoms. The Bertz CT molecular complexity index is 413. The molecule has 0 radical (unpaired) electrons. The smallest absolute Gasteiger partial charge is 0.277 e. The average molecular weight is 280 g/mol. The maximum atomic E-state index is 12.8. The maximum Gasteiger partial charge on any atom is 0.331 e. The Balaban J connectivity index is 2.22. The van der Waals surface area contributed by atoms with Gasteiger partial charge in [-0.25, -0.2) is 4.79 Å². The molecule has 1 saturated heterocycles. The fourth-order valence-electron chi connectivity index (χ4n) is 3.32. The third-order valence-corrected chi connectivity index (χ3v) is 4.63. The van der Waals surface area contributed by atoms with Crippen LogP contribution >= 0.6 is 0 Å². The molecule has 4 amide bonds. The van der Waals surface area contributed by atoms with Crippen molar-refractivity contribution in [2.75, 3.05) is 0 Å². The van der Waals surface area contributed by atoms with Crippen LogP contribution in [0.2, 0.25) is 0 Å². The Morgan fingerprint density at radius 1 is 1.20 bits per heavy atom. The molecule has 0 aromatic heterocycles. The standard InChI is InChI=1S/C15H24N2O3/c1-3-4-8-11(2)17-13(19)15(9-6-5-7-10-15)12(18)16-14(17)20/h11H,3-10H2,1-2H3,(H,16,18,20). The van der Waals surface area contributed by atoms with Gasteiger partial charge in [0, 0.05) is 6.04 Å². The summed E-state index contributed by atoms with van der Waals surface area (Å²) in [4.78, 5) is 38.3. The van der Waals surface area contributed by atoms with E-state index in [9.17, 15) is 14.4 Å². The molecule has 2 rings (SSSR count). The Morgan fingerprint density at radius 2 is 1.85 bits per heavy atom. The molecular weight excluding hydrogens is 256 g/mol. The second kappa shape index (κ2) is 5.94. The van der Waals surface area contributed by atoms with Crippen molar-refractivity contribution in [2.45, 2.75) is 71.3 Å². The first-order valence-electron chi connectivity index (χ1n) is 7.72. The number of amides is 4. The first-order chi connectivity index (χ1) is 9.53. The molecule has 1 saturated carbocycles. The van der Waals surface area contributed by atoms with E-state index in [1.54, 1.807) is 0 Å². The van der Waals surface area contributed by atoms with E-state index in [1.807, 2.05) is 6.92 Å². The van der Waals surface area contributed by atoms with Gasteiger partial charge in [0.1, 0.15) is 5.41 Å². The Labute approximate surface area is 120 Å². The van der Waals surface area contributed by atoms with Crippen molar-refractivity contribution in [2.24, 2.45) is 5.41 Å². The van der Waals surface area contributed by atoms with E-state index in [1.165, 1.54) is 4.90 Å². The van der Waals surface area contributed by atoms with Gasteiger partial charge >= 0.3 is 6.03 Å². The molecule has 2 aliphatic rings. The van der Waals surface area contributed by atoms with Gasteiger partial charge in [-0.3, -0.25) is 19.8 Å². The Hall–Kier alpha value is -1.39. The number of nitrogens with one attached hydrogen (secondary N) is 1. The number of unbranched alkanes of at least 4 members (excludes halogenated alkanes) is 1. The number of carbonyl (C=O) groups is 3. The number of carbonyl (C=O) groups excluding carboxylic acids is 3.